The molecule has 7 nitrogen and oxygen atoms in total. The van der Waals surface area contributed by atoms with Gasteiger partial charge in [-0.25, -0.2) is 4.68 Å². The zero-order chi connectivity index (χ0) is 20.0. The zero-order valence-electron chi connectivity index (χ0n) is 15.7. The van der Waals surface area contributed by atoms with Crippen LogP contribution in [0.4, 0.5) is 5.69 Å². The van der Waals surface area contributed by atoms with Gasteiger partial charge < -0.3 is 14.8 Å². The van der Waals surface area contributed by atoms with Gasteiger partial charge in [-0.05, 0) is 45.0 Å². The number of carbonyl (C=O) groups is 2. The number of aromatic nitrogens is 2. The Hall–Kier alpha value is -2.61. The second-order valence-corrected chi connectivity index (χ2v) is 7.70. The number of benzene rings is 1. The molecule has 0 fully saturated rings. The van der Waals surface area contributed by atoms with Crippen LogP contribution in [-0.4, -0.2) is 28.8 Å². The second kappa shape index (κ2) is 8.85. The summed E-state index contributed by atoms with van der Waals surface area (Å²) in [7, 11) is 1.57. The lowest BCUT2D eigenvalue weighted by atomic mass is 9.98. The first-order valence-electron chi connectivity index (χ1n) is 8.21. The minimum absolute atomic E-state index is 0.0168. The van der Waals surface area contributed by atoms with Crippen molar-refractivity contribution in [1.29, 1.82) is 0 Å². The fourth-order valence-electron chi connectivity index (χ4n) is 2.02. The van der Waals surface area contributed by atoms with Crippen molar-refractivity contribution in [3.05, 3.63) is 46.7 Å². The SMILES string of the molecule is COc1ccc(Br)cc1/C=C/C(=O)Nc1cnn(COC(=O)C(C)(C)C)c1. The molecule has 0 radical (unpaired) electrons. The molecule has 2 aromatic rings. The number of anilines is 1. The summed E-state index contributed by atoms with van der Waals surface area (Å²) in [5, 5.41) is 6.76. The number of carbonyl (C=O) groups excluding carboxylic acids is 2. The van der Waals surface area contributed by atoms with Crippen molar-refractivity contribution in [3.63, 3.8) is 0 Å². The van der Waals surface area contributed by atoms with E-state index in [1.807, 2.05) is 18.2 Å². The van der Waals surface area contributed by atoms with Gasteiger partial charge in [0.25, 0.3) is 0 Å². The second-order valence-electron chi connectivity index (χ2n) is 6.79. The Bertz CT molecular complexity index is 853. The van der Waals surface area contributed by atoms with E-state index in [1.165, 1.54) is 17.0 Å². The molecule has 8 heteroatoms. The van der Waals surface area contributed by atoms with Gasteiger partial charge in [0.2, 0.25) is 5.91 Å². The van der Waals surface area contributed by atoms with E-state index in [1.54, 1.807) is 40.2 Å². The lowest BCUT2D eigenvalue weighted by molar-refractivity contribution is -0.157. The maximum absolute atomic E-state index is 12.1. The number of esters is 1. The third-order valence-electron chi connectivity index (χ3n) is 3.45. The number of hydrogen-bond donors (Lipinski definition) is 1. The molecule has 0 saturated carbocycles. The normalized spacial score (nSPS) is 11.4. The van der Waals surface area contributed by atoms with Crippen LogP contribution in [0, 0.1) is 5.41 Å². The van der Waals surface area contributed by atoms with Crippen LogP contribution in [0.15, 0.2) is 41.1 Å². The van der Waals surface area contributed by atoms with Crippen LogP contribution >= 0.6 is 15.9 Å². The molecule has 0 saturated heterocycles. The fraction of sp³-hybridized carbons (Fsp3) is 0.316. The van der Waals surface area contributed by atoms with Crippen LogP contribution in [0.3, 0.4) is 0 Å². The highest BCUT2D eigenvalue weighted by Gasteiger charge is 2.23. The van der Waals surface area contributed by atoms with Gasteiger partial charge in [0.15, 0.2) is 6.73 Å². The zero-order valence-corrected chi connectivity index (χ0v) is 17.2. The molecule has 2 rings (SSSR count). The molecule has 0 aliphatic carbocycles. The number of amides is 1. The monoisotopic (exact) mass is 435 g/mol. The molecule has 0 aliphatic rings. The molecule has 0 atom stereocenters. The number of nitrogens with one attached hydrogen (secondary N) is 1. The van der Waals surface area contributed by atoms with Crippen LogP contribution in [-0.2, 0) is 21.1 Å². The summed E-state index contributed by atoms with van der Waals surface area (Å²) in [6.07, 6.45) is 6.13. The molecule has 0 unspecified atom stereocenters. The largest absolute Gasteiger partial charge is 0.496 e. The third kappa shape index (κ3) is 6.25. The summed E-state index contributed by atoms with van der Waals surface area (Å²) in [6.45, 7) is 5.31. The van der Waals surface area contributed by atoms with E-state index in [4.69, 9.17) is 9.47 Å². The fourth-order valence-corrected chi connectivity index (χ4v) is 2.40. The Kier molecular flexibility index (Phi) is 6.79. The maximum atomic E-state index is 12.1. The number of methoxy groups -OCH3 is 1. The molecule has 144 valence electrons. The Morgan fingerprint density at radius 1 is 1.33 bits per heavy atom. The molecular formula is C19H22BrN3O4. The van der Waals surface area contributed by atoms with Gasteiger partial charge in [0.1, 0.15) is 5.75 Å². The Labute approximate surface area is 166 Å². The van der Waals surface area contributed by atoms with Crippen molar-refractivity contribution in [1.82, 2.24) is 9.78 Å². The van der Waals surface area contributed by atoms with Gasteiger partial charge in [0, 0.05) is 16.1 Å². The predicted octanol–water partition coefficient (Wildman–Crippen LogP) is 3.85. The standard InChI is InChI=1S/C19H22BrN3O4/c1-19(2,3)18(25)27-12-23-11-15(10-21-23)22-17(24)8-5-13-9-14(20)6-7-16(13)26-4/h5-11H,12H2,1-4H3,(H,22,24)/b8-5+. The molecule has 1 aromatic heterocycles. The highest BCUT2D eigenvalue weighted by atomic mass is 79.9. The van der Waals surface area contributed by atoms with Gasteiger partial charge in [-0.15, -0.1) is 0 Å². The summed E-state index contributed by atoms with van der Waals surface area (Å²) in [6, 6.07) is 5.52. The Morgan fingerprint density at radius 3 is 2.74 bits per heavy atom. The highest BCUT2D eigenvalue weighted by molar-refractivity contribution is 9.10. The number of nitrogens with zero attached hydrogens (tertiary/aromatic N) is 2. The molecule has 27 heavy (non-hydrogen) atoms. The van der Waals surface area contributed by atoms with E-state index in [-0.39, 0.29) is 18.6 Å². The van der Waals surface area contributed by atoms with E-state index in [9.17, 15) is 9.59 Å². The summed E-state index contributed by atoms with van der Waals surface area (Å²) in [4.78, 5) is 23.9. The molecule has 0 aliphatic heterocycles. The van der Waals surface area contributed by atoms with Crippen molar-refractivity contribution in [2.75, 3.05) is 12.4 Å². The first-order valence-corrected chi connectivity index (χ1v) is 9.00. The van der Waals surface area contributed by atoms with Gasteiger partial charge >= 0.3 is 5.97 Å². The maximum Gasteiger partial charge on any atom is 0.313 e. The smallest absolute Gasteiger partial charge is 0.313 e. The molecule has 1 amide bonds. The molecule has 0 bridgehead atoms. The van der Waals surface area contributed by atoms with E-state index in [2.05, 4.69) is 26.3 Å². The topological polar surface area (TPSA) is 82.4 Å². The van der Waals surface area contributed by atoms with E-state index < -0.39 is 5.41 Å². The first kappa shape index (κ1) is 20.7. The van der Waals surface area contributed by atoms with Crippen LogP contribution in [0.1, 0.15) is 26.3 Å². The van der Waals surface area contributed by atoms with Crippen LogP contribution < -0.4 is 10.1 Å². The van der Waals surface area contributed by atoms with E-state index in [0.29, 0.717) is 11.4 Å². The average molecular weight is 436 g/mol. The number of rotatable bonds is 6. The number of ether oxygens (including phenoxy) is 2. The summed E-state index contributed by atoms with van der Waals surface area (Å²) < 4.78 is 12.7. The van der Waals surface area contributed by atoms with Crippen molar-refractivity contribution in [2.24, 2.45) is 5.41 Å². The van der Waals surface area contributed by atoms with Gasteiger partial charge in [0.05, 0.1) is 30.6 Å². The molecule has 1 N–H and O–H groups in total. The Morgan fingerprint density at radius 2 is 2.07 bits per heavy atom. The lowest BCUT2D eigenvalue weighted by Crippen LogP contribution is -2.24. The van der Waals surface area contributed by atoms with Crippen molar-refractivity contribution in [3.8, 4) is 5.75 Å². The van der Waals surface area contributed by atoms with Crippen LogP contribution in [0.2, 0.25) is 0 Å². The molecule has 1 heterocycles. The van der Waals surface area contributed by atoms with E-state index in [0.717, 1.165) is 10.0 Å². The van der Waals surface area contributed by atoms with Crippen molar-refractivity contribution < 1.29 is 19.1 Å². The summed E-state index contributed by atoms with van der Waals surface area (Å²) >= 11 is 3.39. The average Bonchev–Trinajstić information content (AvgIpc) is 3.04. The third-order valence-corrected chi connectivity index (χ3v) is 3.94. The predicted molar refractivity (Wildman–Crippen MR) is 106 cm³/mol. The summed E-state index contributed by atoms with van der Waals surface area (Å²) in [5.41, 5.74) is 0.687. The molecular weight excluding hydrogens is 414 g/mol. The number of halogens is 1. The van der Waals surface area contributed by atoms with Crippen molar-refractivity contribution >= 4 is 39.6 Å². The van der Waals surface area contributed by atoms with Gasteiger partial charge in [-0.3, -0.25) is 9.59 Å². The Balaban J connectivity index is 1.94. The van der Waals surface area contributed by atoms with Gasteiger partial charge in [-0.1, -0.05) is 15.9 Å². The molecule has 0 spiro atoms. The van der Waals surface area contributed by atoms with E-state index >= 15 is 0 Å². The highest BCUT2D eigenvalue weighted by Crippen LogP contribution is 2.24. The first-order chi connectivity index (χ1) is 12.7. The van der Waals surface area contributed by atoms with Crippen LogP contribution in [0.25, 0.3) is 6.08 Å². The summed E-state index contributed by atoms with van der Waals surface area (Å²) in [5.74, 6) is 0.0217. The lowest BCUT2D eigenvalue weighted by Gasteiger charge is -2.16. The minimum Gasteiger partial charge on any atom is -0.496 e. The van der Waals surface area contributed by atoms with Gasteiger partial charge in [-0.2, -0.15) is 5.10 Å². The van der Waals surface area contributed by atoms with Crippen LogP contribution in [0.5, 0.6) is 5.75 Å². The minimum atomic E-state index is -0.581. The number of hydrogen-bond acceptors (Lipinski definition) is 5. The van der Waals surface area contributed by atoms with Crippen molar-refractivity contribution in [2.45, 2.75) is 27.5 Å². The molecule has 1 aromatic carbocycles. The quantitative estimate of drug-likeness (QED) is 0.550.